The van der Waals surface area contributed by atoms with E-state index in [1.54, 1.807) is 0 Å². The van der Waals surface area contributed by atoms with Gasteiger partial charge in [0.15, 0.2) is 5.76 Å². The van der Waals surface area contributed by atoms with E-state index in [4.69, 9.17) is 9.52 Å². The molecule has 2 aliphatic rings. The fraction of sp³-hybridized carbons (Fsp3) is 0.435. The highest BCUT2D eigenvalue weighted by molar-refractivity contribution is 5.95. The second-order valence-electron chi connectivity index (χ2n) is 8.28. The molecule has 0 saturated carbocycles. The Morgan fingerprint density at radius 1 is 1.23 bits per heavy atom. The predicted octanol–water partition coefficient (Wildman–Crippen LogP) is 2.74. The number of nitrogens with one attached hydrogen (secondary N) is 1. The van der Waals surface area contributed by atoms with E-state index in [9.17, 15) is 4.79 Å². The van der Waals surface area contributed by atoms with Crippen LogP contribution in [-0.4, -0.2) is 51.8 Å². The Morgan fingerprint density at radius 3 is 2.87 bits per heavy atom. The number of fused-ring (bicyclic) bond motifs is 3. The smallest absolute Gasteiger partial charge is 0.287 e. The summed E-state index contributed by atoms with van der Waals surface area (Å²) in [7, 11) is 0. The number of hydrogen-bond acceptors (Lipinski definition) is 5. The highest BCUT2D eigenvalue weighted by Crippen LogP contribution is 2.38. The van der Waals surface area contributed by atoms with Gasteiger partial charge in [0.05, 0.1) is 17.9 Å². The van der Waals surface area contributed by atoms with Crippen molar-refractivity contribution in [3.8, 4) is 11.3 Å². The molecule has 1 saturated heterocycles. The molecule has 156 valence electrons. The van der Waals surface area contributed by atoms with Crippen LogP contribution in [0.1, 0.15) is 45.3 Å². The number of carbonyl (C=O) groups is 1. The third kappa shape index (κ3) is 3.54. The molecular formula is C23H27N5O2. The molecule has 30 heavy (non-hydrogen) atoms. The molecule has 1 amide bonds. The summed E-state index contributed by atoms with van der Waals surface area (Å²) in [6.07, 6.45) is 5.01. The highest BCUT2D eigenvalue weighted by Gasteiger charge is 2.29. The summed E-state index contributed by atoms with van der Waals surface area (Å²) < 4.78 is 7.95. The number of amides is 1. The number of nitrogens with zero attached hydrogens (tertiary/aromatic N) is 4. The van der Waals surface area contributed by atoms with Crippen molar-refractivity contribution in [1.82, 2.24) is 25.0 Å². The summed E-state index contributed by atoms with van der Waals surface area (Å²) in [6, 6.07) is 6.03. The van der Waals surface area contributed by atoms with Crippen LogP contribution in [0, 0.1) is 13.8 Å². The summed E-state index contributed by atoms with van der Waals surface area (Å²) >= 11 is 0. The number of pyridine rings is 1. The molecule has 0 radical (unpaired) electrons. The van der Waals surface area contributed by atoms with Crippen molar-refractivity contribution in [2.24, 2.45) is 0 Å². The van der Waals surface area contributed by atoms with Crippen molar-refractivity contribution in [3.05, 3.63) is 58.4 Å². The van der Waals surface area contributed by atoms with Gasteiger partial charge >= 0.3 is 0 Å². The van der Waals surface area contributed by atoms with Crippen molar-refractivity contribution in [3.63, 3.8) is 0 Å². The Labute approximate surface area is 176 Å². The number of aryl methyl sites for hydroxylation is 3. The molecule has 1 aliphatic heterocycles. The van der Waals surface area contributed by atoms with Gasteiger partial charge in [0.1, 0.15) is 5.76 Å². The van der Waals surface area contributed by atoms with Crippen LogP contribution >= 0.6 is 0 Å². The van der Waals surface area contributed by atoms with Crippen LogP contribution < -0.4 is 5.32 Å². The monoisotopic (exact) mass is 405 g/mol. The van der Waals surface area contributed by atoms with E-state index in [0.29, 0.717) is 18.8 Å². The lowest BCUT2D eigenvalue weighted by Crippen LogP contribution is -2.42. The van der Waals surface area contributed by atoms with Gasteiger partial charge in [-0.15, -0.1) is 0 Å². The summed E-state index contributed by atoms with van der Waals surface area (Å²) in [5, 5.41) is 7.84. The average molecular weight is 406 g/mol. The first-order valence-electron chi connectivity index (χ1n) is 10.7. The Hall–Kier alpha value is -2.93. The quantitative estimate of drug-likeness (QED) is 0.682. The Bertz CT molecular complexity index is 1090. The second-order valence-corrected chi connectivity index (χ2v) is 8.28. The SMILES string of the molecule is Cc1cccc(Cn2cc3c(n2)-c2c(oc(C(=O)NCCN4CCC4)c2C)CC3)n1. The fourth-order valence-corrected chi connectivity index (χ4v) is 4.33. The van der Waals surface area contributed by atoms with E-state index in [1.165, 1.54) is 12.0 Å². The maximum atomic E-state index is 12.7. The van der Waals surface area contributed by atoms with Crippen molar-refractivity contribution < 1.29 is 9.21 Å². The summed E-state index contributed by atoms with van der Waals surface area (Å²) in [5.41, 5.74) is 5.99. The number of hydrogen-bond donors (Lipinski definition) is 1. The first-order chi connectivity index (χ1) is 14.6. The van der Waals surface area contributed by atoms with E-state index < -0.39 is 0 Å². The molecule has 3 aromatic rings. The molecule has 7 heteroatoms. The van der Waals surface area contributed by atoms with Gasteiger partial charge in [-0.3, -0.25) is 14.5 Å². The van der Waals surface area contributed by atoms with Crippen LogP contribution in [0.25, 0.3) is 11.3 Å². The van der Waals surface area contributed by atoms with Gasteiger partial charge in [-0.25, -0.2) is 0 Å². The lowest BCUT2D eigenvalue weighted by Gasteiger charge is -2.30. The first kappa shape index (κ1) is 19.1. The molecule has 0 bridgehead atoms. The summed E-state index contributed by atoms with van der Waals surface area (Å²) in [5.74, 6) is 1.16. The molecular weight excluding hydrogens is 378 g/mol. The molecule has 1 N–H and O–H groups in total. The lowest BCUT2D eigenvalue weighted by molar-refractivity contribution is 0.0911. The number of rotatable bonds is 6. The summed E-state index contributed by atoms with van der Waals surface area (Å²) in [6.45, 7) is 8.39. The molecule has 0 unspecified atom stereocenters. The van der Waals surface area contributed by atoms with Gasteiger partial charge in [-0.05, 0) is 57.5 Å². The number of furan rings is 1. The minimum atomic E-state index is -0.132. The standard InChI is InChI=1S/C23H27N5O2/c1-15-5-3-6-18(25-15)14-28-13-17-7-8-19-20(21(17)26-28)16(2)22(30-19)23(29)24-9-12-27-10-4-11-27/h3,5-6,13H,4,7-12,14H2,1-2H3,(H,24,29). The molecule has 7 nitrogen and oxygen atoms in total. The van der Waals surface area contributed by atoms with E-state index >= 15 is 0 Å². The second kappa shape index (κ2) is 7.72. The van der Waals surface area contributed by atoms with Crippen LogP contribution in [0.2, 0.25) is 0 Å². The number of likely N-dealkylation sites (tertiary alicyclic amines) is 1. The van der Waals surface area contributed by atoms with Crippen LogP contribution in [0.4, 0.5) is 0 Å². The van der Waals surface area contributed by atoms with Gasteiger partial charge < -0.3 is 14.6 Å². The predicted molar refractivity (Wildman–Crippen MR) is 114 cm³/mol. The van der Waals surface area contributed by atoms with Crippen LogP contribution in [-0.2, 0) is 19.4 Å². The fourth-order valence-electron chi connectivity index (χ4n) is 4.33. The zero-order valence-corrected chi connectivity index (χ0v) is 17.6. The average Bonchev–Trinajstić information content (AvgIpc) is 3.24. The zero-order valence-electron chi connectivity index (χ0n) is 17.6. The van der Waals surface area contributed by atoms with E-state index in [0.717, 1.165) is 66.4 Å². The molecule has 5 rings (SSSR count). The maximum Gasteiger partial charge on any atom is 0.287 e. The molecule has 1 aliphatic carbocycles. The minimum absolute atomic E-state index is 0.132. The van der Waals surface area contributed by atoms with Crippen LogP contribution in [0.15, 0.2) is 28.8 Å². The van der Waals surface area contributed by atoms with Crippen LogP contribution in [0.5, 0.6) is 0 Å². The van der Waals surface area contributed by atoms with Crippen molar-refractivity contribution in [2.75, 3.05) is 26.2 Å². The van der Waals surface area contributed by atoms with Crippen LogP contribution in [0.3, 0.4) is 0 Å². The highest BCUT2D eigenvalue weighted by atomic mass is 16.4. The minimum Gasteiger partial charge on any atom is -0.455 e. The van der Waals surface area contributed by atoms with Gasteiger partial charge in [-0.2, -0.15) is 5.10 Å². The van der Waals surface area contributed by atoms with E-state index in [1.807, 2.05) is 36.7 Å². The number of carbonyl (C=O) groups excluding carboxylic acids is 1. The van der Waals surface area contributed by atoms with Gasteiger partial charge in [0.25, 0.3) is 5.91 Å². The lowest BCUT2D eigenvalue weighted by atomic mass is 9.93. The van der Waals surface area contributed by atoms with Gasteiger partial charge in [0.2, 0.25) is 0 Å². The number of aromatic nitrogens is 3. The largest absolute Gasteiger partial charge is 0.455 e. The Morgan fingerprint density at radius 2 is 2.10 bits per heavy atom. The molecule has 0 atom stereocenters. The van der Waals surface area contributed by atoms with Gasteiger partial charge in [0, 0.05) is 42.5 Å². The van der Waals surface area contributed by atoms with Gasteiger partial charge in [-0.1, -0.05) is 6.07 Å². The first-order valence-corrected chi connectivity index (χ1v) is 10.7. The third-order valence-electron chi connectivity index (χ3n) is 6.05. The maximum absolute atomic E-state index is 12.7. The Kier molecular flexibility index (Phi) is 4.90. The Balaban J connectivity index is 1.36. The normalized spacial score (nSPS) is 15.4. The molecule has 0 spiro atoms. The van der Waals surface area contributed by atoms with Crippen molar-refractivity contribution >= 4 is 5.91 Å². The molecule has 0 aromatic carbocycles. The molecule has 1 fully saturated rings. The van der Waals surface area contributed by atoms with E-state index in [2.05, 4.69) is 21.4 Å². The molecule has 3 aromatic heterocycles. The summed E-state index contributed by atoms with van der Waals surface area (Å²) in [4.78, 5) is 19.6. The third-order valence-corrected chi connectivity index (χ3v) is 6.05. The molecule has 4 heterocycles. The van der Waals surface area contributed by atoms with Crippen molar-refractivity contribution in [2.45, 2.75) is 39.7 Å². The van der Waals surface area contributed by atoms with Crippen molar-refractivity contribution in [1.29, 1.82) is 0 Å². The van der Waals surface area contributed by atoms with E-state index in [-0.39, 0.29) is 5.91 Å². The zero-order chi connectivity index (χ0) is 20.7. The topological polar surface area (TPSA) is 76.2 Å².